The number of carbonyl (C=O) groups excluding carboxylic acids is 2. The summed E-state index contributed by atoms with van der Waals surface area (Å²) in [6.07, 6.45) is 2.33. The summed E-state index contributed by atoms with van der Waals surface area (Å²) in [5.41, 5.74) is 2.76. The number of carbonyl (C=O) groups is 2. The smallest absolute Gasteiger partial charge is 0.256 e. The predicted octanol–water partition coefficient (Wildman–Crippen LogP) is 4.38. The van der Waals surface area contributed by atoms with Gasteiger partial charge in [-0.1, -0.05) is 37.6 Å². The van der Waals surface area contributed by atoms with E-state index in [0.717, 1.165) is 24.1 Å². The van der Waals surface area contributed by atoms with Crippen molar-refractivity contribution in [3.63, 3.8) is 0 Å². The summed E-state index contributed by atoms with van der Waals surface area (Å²) in [6, 6.07) is 14.7. The maximum atomic E-state index is 12.4. The third kappa shape index (κ3) is 4.68. The molecule has 0 aliphatic carbocycles. The maximum absolute atomic E-state index is 12.4. The quantitative estimate of drug-likeness (QED) is 0.832. The molecule has 2 N–H and O–H groups in total. The summed E-state index contributed by atoms with van der Waals surface area (Å²) in [7, 11) is 0. The zero-order valence-corrected chi connectivity index (χ0v) is 13.6. The Bertz CT molecular complexity index is 681. The fourth-order valence-electron chi connectivity index (χ4n) is 2.29. The van der Waals surface area contributed by atoms with Crippen LogP contribution in [0.5, 0.6) is 0 Å². The molecule has 0 aliphatic rings. The monoisotopic (exact) mass is 310 g/mol. The van der Waals surface area contributed by atoms with Crippen LogP contribution in [-0.2, 0) is 4.79 Å². The van der Waals surface area contributed by atoms with Crippen molar-refractivity contribution in [2.45, 2.75) is 33.1 Å². The number of hydrogen-bond donors (Lipinski definition) is 2. The molecule has 0 atom stereocenters. The lowest BCUT2D eigenvalue weighted by atomic mass is 10.1. The molecule has 0 saturated carbocycles. The van der Waals surface area contributed by atoms with Crippen molar-refractivity contribution in [3.05, 3.63) is 59.7 Å². The van der Waals surface area contributed by atoms with Crippen molar-refractivity contribution in [1.29, 1.82) is 0 Å². The Morgan fingerprint density at radius 2 is 1.70 bits per heavy atom. The highest BCUT2D eigenvalue weighted by molar-refractivity contribution is 6.06. The van der Waals surface area contributed by atoms with Crippen molar-refractivity contribution < 1.29 is 9.59 Å². The van der Waals surface area contributed by atoms with E-state index in [4.69, 9.17) is 0 Å². The molecular weight excluding hydrogens is 288 g/mol. The van der Waals surface area contributed by atoms with E-state index in [2.05, 4.69) is 10.6 Å². The van der Waals surface area contributed by atoms with Gasteiger partial charge >= 0.3 is 0 Å². The van der Waals surface area contributed by atoms with Crippen LogP contribution in [0.25, 0.3) is 0 Å². The van der Waals surface area contributed by atoms with Gasteiger partial charge in [0.25, 0.3) is 5.91 Å². The Labute approximate surface area is 136 Å². The lowest BCUT2D eigenvalue weighted by Crippen LogP contribution is -2.16. The average molecular weight is 310 g/mol. The number of hydrogen-bond acceptors (Lipinski definition) is 2. The van der Waals surface area contributed by atoms with Crippen LogP contribution in [0.3, 0.4) is 0 Å². The Hall–Kier alpha value is -2.62. The Kier molecular flexibility index (Phi) is 5.92. The molecule has 2 aromatic carbocycles. The molecule has 0 bridgehead atoms. The van der Waals surface area contributed by atoms with Crippen LogP contribution in [0.1, 0.15) is 42.1 Å². The molecule has 0 fully saturated rings. The fraction of sp³-hybridized carbons (Fsp3) is 0.263. The van der Waals surface area contributed by atoms with Gasteiger partial charge in [-0.25, -0.2) is 0 Å². The molecule has 0 radical (unpaired) electrons. The van der Waals surface area contributed by atoms with Crippen molar-refractivity contribution in [1.82, 2.24) is 0 Å². The minimum absolute atomic E-state index is 0.0180. The minimum atomic E-state index is -0.182. The van der Waals surface area contributed by atoms with E-state index in [1.54, 1.807) is 12.1 Å². The molecule has 4 heteroatoms. The van der Waals surface area contributed by atoms with Crippen molar-refractivity contribution in [2.75, 3.05) is 10.6 Å². The Morgan fingerprint density at radius 3 is 2.39 bits per heavy atom. The summed E-state index contributed by atoms with van der Waals surface area (Å²) in [5.74, 6) is -0.200. The second-order valence-corrected chi connectivity index (χ2v) is 5.45. The first kappa shape index (κ1) is 16.7. The van der Waals surface area contributed by atoms with E-state index in [9.17, 15) is 9.59 Å². The summed E-state index contributed by atoms with van der Waals surface area (Å²) in [4.78, 5) is 24.3. The summed E-state index contributed by atoms with van der Waals surface area (Å²) in [6.45, 7) is 3.89. The van der Waals surface area contributed by atoms with Crippen LogP contribution in [0.2, 0.25) is 0 Å². The van der Waals surface area contributed by atoms with E-state index in [1.807, 2.05) is 50.2 Å². The molecule has 2 rings (SSSR count). The average Bonchev–Trinajstić information content (AvgIpc) is 2.55. The number of anilines is 2. The highest BCUT2D eigenvalue weighted by Gasteiger charge is 2.13. The molecule has 2 amide bonds. The standard InChI is InChI=1S/C19H22N2O2/c1-3-4-13-18(22)21-17-12-8-11-16(14(17)2)19(23)20-15-9-6-5-7-10-15/h5-12H,3-4,13H2,1-2H3,(H,20,23)(H,21,22). The largest absolute Gasteiger partial charge is 0.326 e. The van der Waals surface area contributed by atoms with Gasteiger partial charge in [-0.15, -0.1) is 0 Å². The van der Waals surface area contributed by atoms with E-state index in [0.29, 0.717) is 17.7 Å². The van der Waals surface area contributed by atoms with Gasteiger partial charge in [0.1, 0.15) is 0 Å². The minimum Gasteiger partial charge on any atom is -0.326 e. The first-order chi connectivity index (χ1) is 11.1. The van der Waals surface area contributed by atoms with Crippen LogP contribution in [0.4, 0.5) is 11.4 Å². The molecule has 0 heterocycles. The lowest BCUT2D eigenvalue weighted by molar-refractivity contribution is -0.116. The molecular formula is C19H22N2O2. The predicted molar refractivity (Wildman–Crippen MR) is 93.7 cm³/mol. The van der Waals surface area contributed by atoms with Gasteiger partial charge in [-0.2, -0.15) is 0 Å². The second kappa shape index (κ2) is 8.13. The van der Waals surface area contributed by atoms with Gasteiger partial charge in [0.2, 0.25) is 5.91 Å². The number of rotatable bonds is 6. The fourth-order valence-corrected chi connectivity index (χ4v) is 2.29. The third-order valence-electron chi connectivity index (χ3n) is 3.64. The molecule has 0 unspecified atom stereocenters. The topological polar surface area (TPSA) is 58.2 Å². The molecule has 2 aromatic rings. The Balaban J connectivity index is 2.12. The highest BCUT2D eigenvalue weighted by Crippen LogP contribution is 2.20. The zero-order valence-electron chi connectivity index (χ0n) is 13.6. The number of amides is 2. The SMILES string of the molecule is CCCCC(=O)Nc1cccc(C(=O)Nc2ccccc2)c1C. The molecule has 23 heavy (non-hydrogen) atoms. The van der Waals surface area contributed by atoms with Gasteiger partial charge in [-0.05, 0) is 43.2 Å². The van der Waals surface area contributed by atoms with Crippen LogP contribution >= 0.6 is 0 Å². The number of para-hydroxylation sites is 1. The molecule has 0 aromatic heterocycles. The molecule has 0 spiro atoms. The number of unbranched alkanes of at least 4 members (excludes halogenated alkanes) is 1. The summed E-state index contributed by atoms with van der Waals surface area (Å²) >= 11 is 0. The van der Waals surface area contributed by atoms with E-state index >= 15 is 0 Å². The molecule has 0 aliphatic heterocycles. The van der Waals surface area contributed by atoms with Crippen LogP contribution in [0, 0.1) is 6.92 Å². The van der Waals surface area contributed by atoms with E-state index in [1.165, 1.54) is 0 Å². The zero-order chi connectivity index (χ0) is 16.7. The van der Waals surface area contributed by atoms with Gasteiger partial charge in [0, 0.05) is 23.4 Å². The normalized spacial score (nSPS) is 10.2. The first-order valence-corrected chi connectivity index (χ1v) is 7.87. The molecule has 4 nitrogen and oxygen atoms in total. The van der Waals surface area contributed by atoms with Crippen LogP contribution in [0.15, 0.2) is 48.5 Å². The van der Waals surface area contributed by atoms with Crippen molar-refractivity contribution in [3.8, 4) is 0 Å². The van der Waals surface area contributed by atoms with Gasteiger partial charge in [-0.3, -0.25) is 9.59 Å². The first-order valence-electron chi connectivity index (χ1n) is 7.87. The summed E-state index contributed by atoms with van der Waals surface area (Å²) < 4.78 is 0. The van der Waals surface area contributed by atoms with E-state index in [-0.39, 0.29) is 11.8 Å². The van der Waals surface area contributed by atoms with E-state index < -0.39 is 0 Å². The Morgan fingerprint density at radius 1 is 0.957 bits per heavy atom. The van der Waals surface area contributed by atoms with Gasteiger partial charge in [0.05, 0.1) is 0 Å². The van der Waals surface area contributed by atoms with Crippen molar-refractivity contribution >= 4 is 23.2 Å². The van der Waals surface area contributed by atoms with Crippen LogP contribution < -0.4 is 10.6 Å². The number of nitrogens with one attached hydrogen (secondary N) is 2. The molecule has 120 valence electrons. The molecule has 0 saturated heterocycles. The van der Waals surface area contributed by atoms with Crippen LogP contribution in [-0.4, -0.2) is 11.8 Å². The van der Waals surface area contributed by atoms with Gasteiger partial charge in [0.15, 0.2) is 0 Å². The van der Waals surface area contributed by atoms with Crippen molar-refractivity contribution in [2.24, 2.45) is 0 Å². The number of benzene rings is 2. The summed E-state index contributed by atoms with van der Waals surface area (Å²) in [5, 5.41) is 5.75. The lowest BCUT2D eigenvalue weighted by Gasteiger charge is -2.12. The third-order valence-corrected chi connectivity index (χ3v) is 3.64. The second-order valence-electron chi connectivity index (χ2n) is 5.45. The maximum Gasteiger partial charge on any atom is 0.256 e. The van der Waals surface area contributed by atoms with Gasteiger partial charge < -0.3 is 10.6 Å². The highest BCUT2D eigenvalue weighted by atomic mass is 16.2.